The average molecular weight is 449 g/mol. The number of hydrogen-bond acceptors (Lipinski definition) is 6. The number of ether oxygens (including phenoxy) is 2. The van der Waals surface area contributed by atoms with Crippen molar-refractivity contribution >= 4 is 23.5 Å². The van der Waals surface area contributed by atoms with E-state index in [0.717, 1.165) is 37.8 Å². The van der Waals surface area contributed by atoms with Gasteiger partial charge in [0.1, 0.15) is 0 Å². The molecule has 170 valence electrons. The molecule has 6 nitrogen and oxygen atoms in total. The van der Waals surface area contributed by atoms with Gasteiger partial charge in [0.2, 0.25) is 0 Å². The monoisotopic (exact) mass is 448 g/mol. The van der Waals surface area contributed by atoms with Crippen LogP contribution in [0.2, 0.25) is 5.02 Å². The van der Waals surface area contributed by atoms with Crippen LogP contribution >= 0.6 is 11.6 Å². The zero-order valence-corrected chi connectivity index (χ0v) is 19.4. The molecule has 0 aromatic heterocycles. The van der Waals surface area contributed by atoms with Crippen molar-refractivity contribution in [1.29, 1.82) is 0 Å². The van der Waals surface area contributed by atoms with Crippen molar-refractivity contribution in [3.8, 4) is 0 Å². The number of unbranched alkanes of at least 4 members (excludes halogenated alkanes) is 4. The van der Waals surface area contributed by atoms with Gasteiger partial charge in [0.05, 0.1) is 30.8 Å². The Morgan fingerprint density at radius 3 is 2.39 bits per heavy atom. The van der Waals surface area contributed by atoms with Crippen molar-refractivity contribution in [2.75, 3.05) is 20.3 Å². The van der Waals surface area contributed by atoms with E-state index in [2.05, 4.69) is 5.32 Å². The fourth-order valence-electron chi connectivity index (χ4n) is 3.92. The van der Waals surface area contributed by atoms with E-state index in [-0.39, 0.29) is 6.61 Å². The number of rotatable bonds is 11. The second kappa shape index (κ2) is 12.5. The Bertz CT molecular complexity index is 848. The van der Waals surface area contributed by atoms with Gasteiger partial charge < -0.3 is 20.5 Å². The van der Waals surface area contributed by atoms with E-state index in [1.165, 1.54) is 7.11 Å². The van der Waals surface area contributed by atoms with Crippen LogP contribution in [0.25, 0.3) is 0 Å². The summed E-state index contributed by atoms with van der Waals surface area (Å²) in [5.74, 6) is -1.61. The first-order valence-corrected chi connectivity index (χ1v) is 11.2. The maximum absolute atomic E-state index is 13.1. The molecule has 0 radical (unpaired) electrons. The fourth-order valence-corrected chi connectivity index (χ4v) is 4.17. The molecule has 1 aliphatic rings. The van der Waals surface area contributed by atoms with Crippen molar-refractivity contribution in [2.24, 2.45) is 5.73 Å². The molecule has 0 aliphatic carbocycles. The van der Waals surface area contributed by atoms with Crippen LogP contribution in [0.1, 0.15) is 63.9 Å². The zero-order chi connectivity index (χ0) is 22.8. The number of carbonyl (C=O) groups excluding carboxylic acids is 2. The van der Waals surface area contributed by atoms with Gasteiger partial charge in [-0.1, -0.05) is 49.1 Å². The molecule has 0 saturated carbocycles. The topological polar surface area (TPSA) is 90.6 Å². The fraction of sp³-hybridized carbons (Fsp3) is 0.500. The third-order valence-corrected chi connectivity index (χ3v) is 5.74. The first-order chi connectivity index (χ1) is 15.0. The molecule has 1 aromatic carbocycles. The molecule has 0 amide bonds. The predicted molar refractivity (Wildman–Crippen MR) is 122 cm³/mol. The molecule has 0 bridgehead atoms. The minimum absolute atomic E-state index is 0.236. The van der Waals surface area contributed by atoms with Crippen molar-refractivity contribution in [3.63, 3.8) is 0 Å². The summed E-state index contributed by atoms with van der Waals surface area (Å²) in [7, 11) is 1.33. The summed E-state index contributed by atoms with van der Waals surface area (Å²) in [4.78, 5) is 25.8. The number of esters is 2. The van der Waals surface area contributed by atoms with Gasteiger partial charge in [-0.25, -0.2) is 9.59 Å². The molecule has 3 N–H and O–H groups in total. The molecule has 0 saturated heterocycles. The van der Waals surface area contributed by atoms with E-state index in [1.54, 1.807) is 13.0 Å². The molecule has 31 heavy (non-hydrogen) atoms. The van der Waals surface area contributed by atoms with Crippen LogP contribution in [-0.4, -0.2) is 32.2 Å². The highest BCUT2D eigenvalue weighted by molar-refractivity contribution is 6.31. The number of benzene rings is 1. The summed E-state index contributed by atoms with van der Waals surface area (Å²) in [6.45, 7) is 4.53. The van der Waals surface area contributed by atoms with Crippen LogP contribution < -0.4 is 11.1 Å². The van der Waals surface area contributed by atoms with Crippen LogP contribution in [-0.2, 0) is 19.1 Å². The number of dihydropyridines is 1. The average Bonchev–Trinajstić information content (AvgIpc) is 2.75. The largest absolute Gasteiger partial charge is 0.466 e. The molecular weight excluding hydrogens is 416 g/mol. The Labute approximate surface area is 189 Å². The molecule has 1 aliphatic heterocycles. The highest BCUT2D eigenvalue weighted by atomic mass is 35.5. The van der Waals surface area contributed by atoms with Gasteiger partial charge in [-0.05, 0) is 51.3 Å². The Hall–Kier alpha value is -2.31. The van der Waals surface area contributed by atoms with Crippen molar-refractivity contribution < 1.29 is 19.1 Å². The summed E-state index contributed by atoms with van der Waals surface area (Å²) < 4.78 is 10.4. The number of nitrogens with one attached hydrogen (secondary N) is 1. The standard InChI is InChI=1S/C24H33ClN2O4/c1-4-31-24(29)22-19(14-8-6-5-7-11-15-26)27-16(2)20(23(28)30-3)21(22)17-12-9-10-13-18(17)25/h9-10,12-13,21,27H,4-8,11,14-15,26H2,1-3H3. The number of allylic oxidation sites excluding steroid dienone is 2. The molecule has 7 heteroatoms. The molecule has 2 rings (SSSR count). The number of nitrogens with two attached hydrogens (primary N) is 1. The normalized spacial score (nSPS) is 16.2. The third kappa shape index (κ3) is 6.34. The second-order valence-corrected chi connectivity index (χ2v) is 7.94. The van der Waals surface area contributed by atoms with E-state index in [4.69, 9.17) is 26.8 Å². The third-order valence-electron chi connectivity index (χ3n) is 5.39. The predicted octanol–water partition coefficient (Wildman–Crippen LogP) is 4.59. The quantitative estimate of drug-likeness (QED) is 0.380. The minimum Gasteiger partial charge on any atom is -0.466 e. The van der Waals surface area contributed by atoms with Crippen LogP contribution in [0.4, 0.5) is 0 Å². The Kier molecular flexibility index (Phi) is 10.1. The van der Waals surface area contributed by atoms with Crippen molar-refractivity contribution in [2.45, 2.75) is 58.3 Å². The molecule has 1 atom stereocenters. The maximum Gasteiger partial charge on any atom is 0.336 e. The summed E-state index contributed by atoms with van der Waals surface area (Å²) >= 11 is 6.51. The Morgan fingerprint density at radius 1 is 1.06 bits per heavy atom. The molecule has 1 unspecified atom stereocenters. The highest BCUT2D eigenvalue weighted by Gasteiger charge is 2.39. The number of methoxy groups -OCH3 is 1. The van der Waals surface area contributed by atoms with Gasteiger partial charge in [-0.15, -0.1) is 0 Å². The molecule has 0 fully saturated rings. The smallest absolute Gasteiger partial charge is 0.336 e. The molecule has 0 spiro atoms. The van der Waals surface area contributed by atoms with Crippen LogP contribution in [0.5, 0.6) is 0 Å². The van der Waals surface area contributed by atoms with Gasteiger partial charge in [-0.2, -0.15) is 0 Å². The summed E-state index contributed by atoms with van der Waals surface area (Å²) in [5, 5.41) is 3.77. The van der Waals surface area contributed by atoms with Gasteiger partial charge in [0.25, 0.3) is 0 Å². The number of hydrogen-bond donors (Lipinski definition) is 2. The van der Waals surface area contributed by atoms with Gasteiger partial charge in [-0.3, -0.25) is 0 Å². The highest BCUT2D eigenvalue weighted by Crippen LogP contribution is 2.42. The van der Waals surface area contributed by atoms with Gasteiger partial charge >= 0.3 is 11.9 Å². The zero-order valence-electron chi connectivity index (χ0n) is 18.6. The maximum atomic E-state index is 13.1. The van der Waals surface area contributed by atoms with Gasteiger partial charge in [0.15, 0.2) is 0 Å². The van der Waals surface area contributed by atoms with Crippen LogP contribution in [0.15, 0.2) is 46.8 Å². The van der Waals surface area contributed by atoms with E-state index < -0.39 is 17.9 Å². The second-order valence-electron chi connectivity index (χ2n) is 7.53. The van der Waals surface area contributed by atoms with Crippen LogP contribution in [0, 0.1) is 0 Å². The lowest BCUT2D eigenvalue weighted by molar-refractivity contribution is -0.139. The molecule has 1 heterocycles. The number of carbonyl (C=O) groups is 2. The van der Waals surface area contributed by atoms with Gasteiger partial charge in [0, 0.05) is 16.4 Å². The Morgan fingerprint density at radius 2 is 1.74 bits per heavy atom. The summed E-state index contributed by atoms with van der Waals surface area (Å²) in [6, 6.07) is 7.24. The van der Waals surface area contributed by atoms with Crippen LogP contribution in [0.3, 0.4) is 0 Å². The van der Waals surface area contributed by atoms with E-state index in [0.29, 0.717) is 40.4 Å². The van der Waals surface area contributed by atoms with Crippen molar-refractivity contribution in [1.82, 2.24) is 5.32 Å². The summed E-state index contributed by atoms with van der Waals surface area (Å²) in [5.41, 5.74) is 8.45. The first-order valence-electron chi connectivity index (χ1n) is 10.9. The lowest BCUT2D eigenvalue weighted by Gasteiger charge is -2.32. The van der Waals surface area contributed by atoms with E-state index >= 15 is 0 Å². The van der Waals surface area contributed by atoms with E-state index in [1.807, 2.05) is 25.1 Å². The van der Waals surface area contributed by atoms with E-state index in [9.17, 15) is 9.59 Å². The lowest BCUT2D eigenvalue weighted by Crippen LogP contribution is -2.33. The minimum atomic E-state index is -0.659. The SMILES string of the molecule is CCOC(=O)C1=C(CCCCCCCN)NC(C)=C(C(=O)OC)C1c1ccccc1Cl. The molecular formula is C24H33ClN2O4. The summed E-state index contributed by atoms with van der Waals surface area (Å²) in [6.07, 6.45) is 5.82. The van der Waals surface area contributed by atoms with Crippen molar-refractivity contribution in [3.05, 3.63) is 57.4 Å². The molecule has 1 aromatic rings. The first kappa shape index (κ1) is 25.0. The lowest BCUT2D eigenvalue weighted by atomic mass is 9.79. The Balaban J connectivity index is 2.48. The number of halogens is 1.